The van der Waals surface area contributed by atoms with Crippen LogP contribution in [0.25, 0.3) is 0 Å². The quantitative estimate of drug-likeness (QED) is 0.880. The zero-order valence-electron chi connectivity index (χ0n) is 10.9. The van der Waals surface area contributed by atoms with Crippen LogP contribution in [0.5, 0.6) is 0 Å². The molecule has 1 fully saturated rings. The Labute approximate surface area is 120 Å². The Balaban J connectivity index is 2.14. The van der Waals surface area contributed by atoms with Crippen molar-refractivity contribution in [2.24, 2.45) is 0 Å². The molecule has 108 valence electrons. The number of thioether (sulfide) groups is 1. The Morgan fingerprint density at radius 1 is 1.50 bits per heavy atom. The first-order chi connectivity index (χ1) is 9.47. The van der Waals surface area contributed by atoms with Crippen molar-refractivity contribution in [3.8, 4) is 0 Å². The summed E-state index contributed by atoms with van der Waals surface area (Å²) in [5.74, 6) is -0.959. The van der Waals surface area contributed by atoms with E-state index in [0.29, 0.717) is 18.3 Å². The maximum Gasteiger partial charge on any atom is 0.337 e. The van der Waals surface area contributed by atoms with Crippen molar-refractivity contribution < 1.29 is 19.1 Å². The van der Waals surface area contributed by atoms with E-state index in [0.717, 1.165) is 24.0 Å². The fraction of sp³-hybridized carbons (Fsp3) is 0.385. The molecule has 1 aromatic carbocycles. The minimum absolute atomic E-state index is 0.0200. The van der Waals surface area contributed by atoms with Crippen molar-refractivity contribution in [1.82, 2.24) is 4.90 Å². The third-order valence-electron chi connectivity index (χ3n) is 2.98. The molecule has 1 aliphatic heterocycles. The van der Waals surface area contributed by atoms with Gasteiger partial charge in [0.2, 0.25) is 0 Å². The van der Waals surface area contributed by atoms with Gasteiger partial charge in [0, 0.05) is 24.1 Å². The van der Waals surface area contributed by atoms with E-state index in [1.165, 1.54) is 0 Å². The molecule has 1 heterocycles. The van der Waals surface area contributed by atoms with Crippen LogP contribution in [-0.4, -0.2) is 46.1 Å². The highest BCUT2D eigenvalue weighted by Crippen LogP contribution is 2.21. The van der Waals surface area contributed by atoms with E-state index in [1.807, 2.05) is 6.92 Å². The van der Waals surface area contributed by atoms with Gasteiger partial charge in [0.05, 0.1) is 11.3 Å². The molecule has 2 amide bonds. The minimum atomic E-state index is -1.21. The van der Waals surface area contributed by atoms with E-state index in [4.69, 9.17) is 5.11 Å². The number of nitrogens with one attached hydrogen (secondary N) is 1. The zero-order chi connectivity index (χ0) is 14.7. The van der Waals surface area contributed by atoms with Gasteiger partial charge in [-0.15, -0.1) is 0 Å². The highest BCUT2D eigenvalue weighted by Gasteiger charge is 2.22. The highest BCUT2D eigenvalue weighted by atomic mass is 32.2. The van der Waals surface area contributed by atoms with Crippen LogP contribution in [0.2, 0.25) is 0 Å². The molecule has 2 N–H and O–H groups in total. The van der Waals surface area contributed by atoms with E-state index in [-0.39, 0.29) is 11.3 Å². The standard InChI is InChI=1S/C13H15FN2O3S/c1-8-7-16(4-5-20-8)13(19)15-11-6-9(14)2-3-10(11)12(17)18/h2-3,6,8H,4-5,7H2,1H3,(H,15,19)(H,17,18). The van der Waals surface area contributed by atoms with Crippen LogP contribution in [0.3, 0.4) is 0 Å². The molecular formula is C13H15FN2O3S. The number of halogens is 1. The Hall–Kier alpha value is -1.76. The van der Waals surface area contributed by atoms with E-state index in [1.54, 1.807) is 16.7 Å². The molecule has 1 atom stereocenters. The lowest BCUT2D eigenvalue weighted by molar-refractivity contribution is 0.0698. The number of carboxylic acid groups (broad SMARTS) is 1. The number of nitrogens with zero attached hydrogens (tertiary/aromatic N) is 1. The van der Waals surface area contributed by atoms with E-state index >= 15 is 0 Å². The van der Waals surface area contributed by atoms with Crippen LogP contribution in [0, 0.1) is 5.82 Å². The molecule has 1 aromatic rings. The molecule has 1 unspecified atom stereocenters. The number of hydrogen-bond donors (Lipinski definition) is 2. The number of aromatic carboxylic acids is 1. The van der Waals surface area contributed by atoms with E-state index < -0.39 is 17.8 Å². The normalized spacial score (nSPS) is 18.7. The van der Waals surface area contributed by atoms with Crippen LogP contribution >= 0.6 is 11.8 Å². The average molecular weight is 298 g/mol. The molecule has 1 saturated heterocycles. The zero-order valence-corrected chi connectivity index (χ0v) is 11.7. The predicted octanol–water partition coefficient (Wildman–Crippen LogP) is 2.49. The Morgan fingerprint density at radius 3 is 2.90 bits per heavy atom. The van der Waals surface area contributed by atoms with Crippen molar-refractivity contribution in [3.63, 3.8) is 0 Å². The maximum atomic E-state index is 13.2. The molecule has 20 heavy (non-hydrogen) atoms. The molecule has 0 spiro atoms. The molecule has 0 bridgehead atoms. The number of carbonyl (C=O) groups excluding carboxylic acids is 1. The summed E-state index contributed by atoms with van der Waals surface area (Å²) in [5.41, 5.74) is -0.146. The van der Waals surface area contributed by atoms with Crippen LogP contribution in [0.15, 0.2) is 18.2 Å². The Morgan fingerprint density at radius 2 is 2.25 bits per heavy atom. The van der Waals surface area contributed by atoms with Gasteiger partial charge in [0.25, 0.3) is 0 Å². The molecule has 5 nitrogen and oxygen atoms in total. The van der Waals surface area contributed by atoms with Crippen LogP contribution < -0.4 is 5.32 Å². The van der Waals surface area contributed by atoms with Gasteiger partial charge in [-0.2, -0.15) is 11.8 Å². The average Bonchev–Trinajstić information content (AvgIpc) is 2.38. The van der Waals surface area contributed by atoms with Crippen LogP contribution in [-0.2, 0) is 0 Å². The highest BCUT2D eigenvalue weighted by molar-refractivity contribution is 7.99. The van der Waals surface area contributed by atoms with Gasteiger partial charge in [-0.25, -0.2) is 14.0 Å². The first-order valence-electron chi connectivity index (χ1n) is 6.17. The van der Waals surface area contributed by atoms with Crippen molar-refractivity contribution in [2.75, 3.05) is 24.2 Å². The summed E-state index contributed by atoms with van der Waals surface area (Å²) in [6.45, 7) is 3.21. The smallest absolute Gasteiger partial charge is 0.337 e. The molecule has 0 radical (unpaired) electrons. The monoisotopic (exact) mass is 298 g/mol. The number of hydrogen-bond acceptors (Lipinski definition) is 3. The summed E-state index contributed by atoms with van der Waals surface area (Å²) in [6, 6.07) is 2.81. The number of anilines is 1. The molecular weight excluding hydrogens is 283 g/mol. The lowest BCUT2D eigenvalue weighted by atomic mass is 10.1. The third-order valence-corrected chi connectivity index (χ3v) is 4.12. The van der Waals surface area contributed by atoms with Crippen molar-refractivity contribution in [1.29, 1.82) is 0 Å². The van der Waals surface area contributed by atoms with E-state index in [2.05, 4.69) is 5.32 Å². The summed E-state index contributed by atoms with van der Waals surface area (Å²) in [6.07, 6.45) is 0. The van der Waals surface area contributed by atoms with Gasteiger partial charge in [0.1, 0.15) is 5.82 Å². The molecule has 1 aliphatic rings. The Bertz CT molecular complexity index is 538. The SMILES string of the molecule is CC1CN(C(=O)Nc2cc(F)ccc2C(=O)O)CCS1. The molecule has 7 heteroatoms. The lowest BCUT2D eigenvalue weighted by Gasteiger charge is -2.30. The number of urea groups is 1. The first-order valence-corrected chi connectivity index (χ1v) is 7.22. The van der Waals surface area contributed by atoms with Gasteiger partial charge in [-0.3, -0.25) is 0 Å². The number of benzene rings is 1. The second-order valence-corrected chi connectivity index (χ2v) is 6.10. The fourth-order valence-electron chi connectivity index (χ4n) is 2.00. The van der Waals surface area contributed by atoms with Crippen LogP contribution in [0.1, 0.15) is 17.3 Å². The number of amides is 2. The van der Waals surface area contributed by atoms with Gasteiger partial charge < -0.3 is 15.3 Å². The number of carbonyl (C=O) groups is 2. The molecule has 2 rings (SSSR count). The van der Waals surface area contributed by atoms with E-state index in [9.17, 15) is 14.0 Å². The summed E-state index contributed by atoms with van der Waals surface area (Å²) in [7, 11) is 0. The lowest BCUT2D eigenvalue weighted by Crippen LogP contribution is -2.43. The number of rotatable bonds is 2. The van der Waals surface area contributed by atoms with Gasteiger partial charge in [-0.05, 0) is 18.2 Å². The second-order valence-electron chi connectivity index (χ2n) is 4.55. The minimum Gasteiger partial charge on any atom is -0.478 e. The fourth-order valence-corrected chi connectivity index (χ4v) is 3.02. The maximum absolute atomic E-state index is 13.2. The van der Waals surface area contributed by atoms with Gasteiger partial charge >= 0.3 is 12.0 Å². The summed E-state index contributed by atoms with van der Waals surface area (Å²) in [5, 5.41) is 11.8. The Kier molecular flexibility index (Phi) is 4.49. The second kappa shape index (κ2) is 6.13. The summed E-state index contributed by atoms with van der Waals surface area (Å²) < 4.78 is 13.2. The van der Waals surface area contributed by atoms with Crippen molar-refractivity contribution in [3.05, 3.63) is 29.6 Å². The van der Waals surface area contributed by atoms with Crippen LogP contribution in [0.4, 0.5) is 14.9 Å². The summed E-state index contributed by atoms with van der Waals surface area (Å²) in [4.78, 5) is 24.8. The molecule has 0 aromatic heterocycles. The first kappa shape index (κ1) is 14.6. The number of carboxylic acids is 1. The summed E-state index contributed by atoms with van der Waals surface area (Å²) >= 11 is 1.78. The van der Waals surface area contributed by atoms with Crippen molar-refractivity contribution in [2.45, 2.75) is 12.2 Å². The molecule has 0 saturated carbocycles. The van der Waals surface area contributed by atoms with Gasteiger partial charge in [0.15, 0.2) is 0 Å². The predicted molar refractivity (Wildman–Crippen MR) is 75.9 cm³/mol. The third kappa shape index (κ3) is 3.41. The largest absolute Gasteiger partial charge is 0.478 e. The molecule has 0 aliphatic carbocycles. The van der Waals surface area contributed by atoms with Gasteiger partial charge in [-0.1, -0.05) is 6.92 Å². The topological polar surface area (TPSA) is 69.6 Å². The van der Waals surface area contributed by atoms with Crippen molar-refractivity contribution >= 4 is 29.4 Å².